The predicted molar refractivity (Wildman–Crippen MR) is 124 cm³/mol. The maximum Gasteiger partial charge on any atom is 0.249 e. The van der Waals surface area contributed by atoms with Crippen molar-refractivity contribution >= 4 is 48.0 Å². The summed E-state index contributed by atoms with van der Waals surface area (Å²) in [5, 5.41) is 9.86. The predicted octanol–water partition coefficient (Wildman–Crippen LogP) is 3.41. The van der Waals surface area contributed by atoms with Crippen molar-refractivity contribution in [3.8, 4) is 0 Å². The normalized spacial score (nSPS) is 25.4. The zero-order chi connectivity index (χ0) is 20.4. The molecule has 2 bridgehead atoms. The second kappa shape index (κ2) is 10.9. The van der Waals surface area contributed by atoms with Gasteiger partial charge in [0.1, 0.15) is 18.7 Å². The maximum atomic E-state index is 12.8. The molecule has 2 fully saturated rings. The van der Waals surface area contributed by atoms with E-state index in [1.165, 1.54) is 23.8 Å². The molecule has 4 N–H and O–H groups in total. The summed E-state index contributed by atoms with van der Waals surface area (Å²) in [6.45, 7) is 1.75. The van der Waals surface area contributed by atoms with Crippen molar-refractivity contribution in [2.24, 2.45) is 23.5 Å². The van der Waals surface area contributed by atoms with Crippen LogP contribution in [-0.2, 0) is 9.59 Å². The first-order valence-corrected chi connectivity index (χ1v) is 10.3. The Hall–Kier alpha value is -2.16. The number of anilines is 2. The molecule has 1 aromatic carbocycles. The first-order chi connectivity index (χ1) is 14.0. The fraction of sp³-hybridized carbons (Fsp3) is 0.524. The lowest BCUT2D eigenvalue weighted by Crippen LogP contribution is -2.48. The molecule has 10 heteroatoms. The molecule has 1 aromatic heterocycles. The van der Waals surface area contributed by atoms with Gasteiger partial charge in [-0.1, -0.05) is 6.42 Å². The minimum Gasteiger partial charge on any atom is -0.327 e. The van der Waals surface area contributed by atoms with Gasteiger partial charge in [0, 0.05) is 23.3 Å². The minimum absolute atomic E-state index is 0. The van der Waals surface area contributed by atoms with Crippen LogP contribution in [0.3, 0.4) is 0 Å². The smallest absolute Gasteiger partial charge is 0.249 e. The van der Waals surface area contributed by atoms with Crippen LogP contribution in [0.2, 0.25) is 0 Å². The van der Waals surface area contributed by atoms with Crippen LogP contribution in [0.5, 0.6) is 0 Å². The van der Waals surface area contributed by atoms with Crippen LogP contribution in [0.15, 0.2) is 36.9 Å². The lowest BCUT2D eigenvalue weighted by atomic mass is 9.65. The number of hydrogen-bond donors (Lipinski definition) is 3. The molecule has 0 aliphatic heterocycles. The molecule has 8 nitrogen and oxygen atoms in total. The number of rotatable bonds is 5. The first kappa shape index (κ1) is 25.1. The van der Waals surface area contributed by atoms with Crippen molar-refractivity contribution in [2.45, 2.75) is 51.1 Å². The van der Waals surface area contributed by atoms with E-state index in [-0.39, 0.29) is 48.6 Å². The Balaban J connectivity index is 0.00000171. The Morgan fingerprint density at radius 1 is 1.06 bits per heavy atom. The number of carbonyl (C=O) groups is 2. The summed E-state index contributed by atoms with van der Waals surface area (Å²) in [6, 6.07) is 6.98. The van der Waals surface area contributed by atoms with E-state index in [1.54, 1.807) is 19.1 Å². The number of nitrogens with one attached hydrogen (secondary N) is 2. The number of carbonyl (C=O) groups excluding carboxylic acids is 2. The highest BCUT2D eigenvalue weighted by atomic mass is 35.5. The van der Waals surface area contributed by atoms with Crippen LogP contribution in [0, 0.1) is 17.8 Å². The molecule has 2 aliphatic carbocycles. The maximum absolute atomic E-state index is 12.8. The molecule has 2 saturated carbocycles. The fourth-order valence-electron chi connectivity index (χ4n) is 4.67. The quantitative estimate of drug-likeness (QED) is 0.621. The zero-order valence-electron chi connectivity index (χ0n) is 17.4. The van der Waals surface area contributed by atoms with Gasteiger partial charge in [-0.2, -0.15) is 5.10 Å². The molecule has 3 unspecified atom stereocenters. The van der Waals surface area contributed by atoms with Gasteiger partial charge >= 0.3 is 0 Å². The standard InChI is InChI=1S/C21H28N6O2.2ClH/c1-13(27-12-23-11-24-27)20(28)25-17-5-7-18(8-6-17)26-21(29)16-9-14-3-2-4-15(10-16)19(14)22;;/h5-8,11-16,19H,2-4,9-10,22H2,1H3,(H,25,28)(H,26,29);2*1H. The third kappa shape index (κ3) is 5.75. The zero-order valence-corrected chi connectivity index (χ0v) is 19.1. The molecule has 170 valence electrons. The van der Waals surface area contributed by atoms with Gasteiger partial charge in [-0.15, -0.1) is 24.8 Å². The van der Waals surface area contributed by atoms with E-state index >= 15 is 0 Å². The van der Waals surface area contributed by atoms with Gasteiger partial charge in [0.2, 0.25) is 11.8 Å². The lowest BCUT2D eigenvalue weighted by Gasteiger charge is -2.43. The van der Waals surface area contributed by atoms with Crippen LogP contribution in [0.25, 0.3) is 0 Å². The van der Waals surface area contributed by atoms with Crippen molar-refractivity contribution < 1.29 is 9.59 Å². The van der Waals surface area contributed by atoms with Crippen molar-refractivity contribution in [1.29, 1.82) is 0 Å². The molecule has 0 saturated heterocycles. The summed E-state index contributed by atoms with van der Waals surface area (Å²) < 4.78 is 1.50. The van der Waals surface area contributed by atoms with E-state index < -0.39 is 6.04 Å². The van der Waals surface area contributed by atoms with Crippen molar-refractivity contribution in [2.75, 3.05) is 10.6 Å². The molecule has 1 heterocycles. The number of nitrogens with two attached hydrogens (primary N) is 1. The number of fused-ring (bicyclic) bond motifs is 2. The molecule has 2 amide bonds. The Morgan fingerprint density at radius 3 is 2.19 bits per heavy atom. The topological polar surface area (TPSA) is 115 Å². The summed E-state index contributed by atoms with van der Waals surface area (Å²) in [4.78, 5) is 28.9. The first-order valence-electron chi connectivity index (χ1n) is 10.3. The summed E-state index contributed by atoms with van der Waals surface area (Å²) in [7, 11) is 0. The molecule has 0 spiro atoms. The molecular formula is C21H30Cl2N6O2. The highest BCUT2D eigenvalue weighted by molar-refractivity contribution is 5.95. The highest BCUT2D eigenvalue weighted by Crippen LogP contribution is 2.42. The summed E-state index contributed by atoms with van der Waals surface area (Å²) in [5.41, 5.74) is 7.73. The van der Waals surface area contributed by atoms with Gasteiger partial charge in [0.25, 0.3) is 0 Å². The molecule has 0 radical (unpaired) electrons. The average Bonchev–Trinajstić information content (AvgIpc) is 3.23. The van der Waals surface area contributed by atoms with Crippen molar-refractivity contribution in [3.63, 3.8) is 0 Å². The summed E-state index contributed by atoms with van der Waals surface area (Å²) >= 11 is 0. The number of amides is 2. The number of aromatic nitrogens is 3. The Morgan fingerprint density at radius 2 is 1.65 bits per heavy atom. The molecule has 4 rings (SSSR count). The minimum atomic E-state index is -0.464. The third-order valence-electron chi connectivity index (χ3n) is 6.42. The van der Waals surface area contributed by atoms with Gasteiger partial charge in [0.15, 0.2) is 0 Å². The fourth-order valence-corrected chi connectivity index (χ4v) is 4.67. The van der Waals surface area contributed by atoms with Gasteiger partial charge in [0.05, 0.1) is 0 Å². The van der Waals surface area contributed by atoms with Gasteiger partial charge in [-0.3, -0.25) is 9.59 Å². The summed E-state index contributed by atoms with van der Waals surface area (Å²) in [5.74, 6) is 0.876. The van der Waals surface area contributed by atoms with E-state index in [9.17, 15) is 9.59 Å². The van der Waals surface area contributed by atoms with Crippen LogP contribution in [0.4, 0.5) is 11.4 Å². The highest BCUT2D eigenvalue weighted by Gasteiger charge is 2.40. The van der Waals surface area contributed by atoms with E-state index in [4.69, 9.17) is 5.73 Å². The van der Waals surface area contributed by atoms with E-state index in [0.29, 0.717) is 17.5 Å². The Bertz CT molecular complexity index is 847. The molecule has 3 atom stereocenters. The number of halogens is 2. The number of hydrogen-bond acceptors (Lipinski definition) is 5. The monoisotopic (exact) mass is 468 g/mol. The van der Waals surface area contributed by atoms with E-state index in [0.717, 1.165) is 31.4 Å². The van der Waals surface area contributed by atoms with Crippen LogP contribution in [0.1, 0.15) is 45.1 Å². The molecule has 31 heavy (non-hydrogen) atoms. The SMILES string of the molecule is CC(C(=O)Nc1ccc(NC(=O)C2CC3CCCC(C2)C3N)cc1)n1cncn1.Cl.Cl. The van der Waals surface area contributed by atoms with Crippen LogP contribution >= 0.6 is 24.8 Å². The summed E-state index contributed by atoms with van der Waals surface area (Å²) in [6.07, 6.45) is 8.20. The van der Waals surface area contributed by atoms with Gasteiger partial charge < -0.3 is 16.4 Å². The average molecular weight is 469 g/mol. The molecule has 2 aromatic rings. The van der Waals surface area contributed by atoms with Crippen LogP contribution < -0.4 is 16.4 Å². The largest absolute Gasteiger partial charge is 0.327 e. The van der Waals surface area contributed by atoms with E-state index in [1.807, 2.05) is 12.1 Å². The van der Waals surface area contributed by atoms with E-state index in [2.05, 4.69) is 20.7 Å². The van der Waals surface area contributed by atoms with Gasteiger partial charge in [-0.05, 0) is 68.7 Å². The van der Waals surface area contributed by atoms with Gasteiger partial charge in [-0.25, -0.2) is 9.67 Å². The third-order valence-corrected chi connectivity index (χ3v) is 6.42. The Kier molecular flexibility index (Phi) is 8.85. The Labute approximate surface area is 194 Å². The second-order valence-corrected chi connectivity index (χ2v) is 8.30. The number of nitrogens with zero attached hydrogens (tertiary/aromatic N) is 3. The van der Waals surface area contributed by atoms with Crippen LogP contribution in [-0.4, -0.2) is 32.6 Å². The molecule has 2 aliphatic rings. The molecular weight excluding hydrogens is 439 g/mol. The van der Waals surface area contributed by atoms with Crippen molar-refractivity contribution in [3.05, 3.63) is 36.9 Å². The second-order valence-electron chi connectivity index (χ2n) is 8.30. The lowest BCUT2D eigenvalue weighted by molar-refractivity contribution is -0.122. The number of benzene rings is 1. The van der Waals surface area contributed by atoms with Crippen molar-refractivity contribution in [1.82, 2.24) is 14.8 Å².